The molecule has 0 spiro atoms. The molecule has 0 aliphatic carbocycles. The number of anilines is 1. The molecule has 2 aliphatic heterocycles. The largest absolute Gasteiger partial charge is 0.365 e. The Balaban J connectivity index is 1.69. The monoisotopic (exact) mass is 298 g/mol. The summed E-state index contributed by atoms with van der Waals surface area (Å²) in [7, 11) is 0. The number of hydrogen-bond acceptors (Lipinski definition) is 2. The topological polar surface area (TPSA) is 6.48 Å². The third kappa shape index (κ3) is 2.08. The first kappa shape index (κ1) is 11.5. The van der Waals surface area contributed by atoms with E-state index in [0.717, 1.165) is 30.5 Å². The van der Waals surface area contributed by atoms with Crippen LogP contribution in [-0.4, -0.2) is 43.8 Å². The summed E-state index contributed by atoms with van der Waals surface area (Å²) in [6, 6.07) is 7.11. The number of benzene rings is 1. The Labute approximate surface area is 110 Å². The molecular weight excluding hydrogens is 283 g/mol. The van der Waals surface area contributed by atoms with Crippen LogP contribution in [-0.2, 0) is 6.42 Å². The highest BCUT2D eigenvalue weighted by Crippen LogP contribution is 2.33. The first-order valence-electron chi connectivity index (χ1n) is 6.11. The second-order valence-corrected chi connectivity index (χ2v) is 5.73. The molecular formula is C13H16BrFN2. The van der Waals surface area contributed by atoms with Gasteiger partial charge in [-0.15, -0.1) is 0 Å². The Morgan fingerprint density at radius 1 is 1.35 bits per heavy atom. The third-order valence-electron chi connectivity index (χ3n) is 3.75. The molecule has 1 aromatic rings. The van der Waals surface area contributed by atoms with Gasteiger partial charge in [0.1, 0.15) is 6.67 Å². The van der Waals surface area contributed by atoms with E-state index in [1.54, 1.807) is 0 Å². The van der Waals surface area contributed by atoms with E-state index in [0.29, 0.717) is 12.6 Å². The molecule has 17 heavy (non-hydrogen) atoms. The first-order valence-corrected chi connectivity index (χ1v) is 6.90. The maximum atomic E-state index is 12.2. The molecule has 3 rings (SSSR count). The van der Waals surface area contributed by atoms with Gasteiger partial charge in [-0.25, -0.2) is 4.39 Å². The van der Waals surface area contributed by atoms with E-state index in [2.05, 4.69) is 43.9 Å². The molecule has 4 heteroatoms. The number of likely N-dealkylation sites (tertiary alicyclic amines) is 1. The van der Waals surface area contributed by atoms with Crippen molar-refractivity contribution in [3.8, 4) is 0 Å². The van der Waals surface area contributed by atoms with E-state index in [1.807, 2.05) is 0 Å². The number of fused-ring (bicyclic) bond motifs is 1. The lowest BCUT2D eigenvalue weighted by atomic mass is 10.1. The van der Waals surface area contributed by atoms with Crippen LogP contribution in [0.25, 0.3) is 0 Å². The summed E-state index contributed by atoms with van der Waals surface area (Å²) in [5.74, 6) is 0. The van der Waals surface area contributed by atoms with E-state index in [4.69, 9.17) is 0 Å². The SMILES string of the molecule is FCCN1CC(N2CCc3cc(Br)ccc32)C1. The summed E-state index contributed by atoms with van der Waals surface area (Å²) in [5.41, 5.74) is 2.81. The van der Waals surface area contributed by atoms with Crippen LogP contribution in [0.1, 0.15) is 5.56 Å². The predicted octanol–water partition coefficient (Wildman–Crippen LogP) is 2.47. The van der Waals surface area contributed by atoms with E-state index in [1.165, 1.54) is 11.3 Å². The van der Waals surface area contributed by atoms with Gasteiger partial charge in [-0.05, 0) is 30.2 Å². The van der Waals surface area contributed by atoms with Gasteiger partial charge < -0.3 is 4.90 Å². The zero-order valence-electron chi connectivity index (χ0n) is 9.70. The maximum Gasteiger partial charge on any atom is 0.102 e. The van der Waals surface area contributed by atoms with Crippen molar-refractivity contribution >= 4 is 21.6 Å². The average molecular weight is 299 g/mol. The Morgan fingerprint density at radius 3 is 2.94 bits per heavy atom. The van der Waals surface area contributed by atoms with Crippen molar-refractivity contribution in [2.24, 2.45) is 0 Å². The highest BCUT2D eigenvalue weighted by Gasteiger charge is 2.34. The molecule has 1 fully saturated rings. The van der Waals surface area contributed by atoms with Crippen molar-refractivity contribution in [3.05, 3.63) is 28.2 Å². The molecule has 92 valence electrons. The van der Waals surface area contributed by atoms with E-state index in [-0.39, 0.29) is 6.67 Å². The standard InChI is InChI=1S/C13H16BrFN2/c14-11-1-2-13-10(7-11)3-5-17(13)12-8-16(9-12)6-4-15/h1-2,7,12H,3-6,8-9H2. The normalized spacial score (nSPS) is 20.5. The Hall–Kier alpha value is -0.610. The molecule has 0 N–H and O–H groups in total. The highest BCUT2D eigenvalue weighted by atomic mass is 79.9. The molecule has 0 atom stereocenters. The minimum absolute atomic E-state index is 0.226. The summed E-state index contributed by atoms with van der Waals surface area (Å²) in [6.07, 6.45) is 1.13. The lowest BCUT2D eigenvalue weighted by Crippen LogP contribution is -2.59. The van der Waals surface area contributed by atoms with Crippen molar-refractivity contribution < 1.29 is 4.39 Å². The molecule has 0 saturated carbocycles. The number of hydrogen-bond donors (Lipinski definition) is 0. The maximum absolute atomic E-state index is 12.2. The van der Waals surface area contributed by atoms with Gasteiger partial charge in [-0.3, -0.25) is 4.90 Å². The van der Waals surface area contributed by atoms with Crippen LogP contribution >= 0.6 is 15.9 Å². The Morgan fingerprint density at radius 2 is 2.18 bits per heavy atom. The highest BCUT2D eigenvalue weighted by molar-refractivity contribution is 9.10. The van der Waals surface area contributed by atoms with Gasteiger partial charge in [-0.2, -0.15) is 0 Å². The van der Waals surface area contributed by atoms with Gasteiger partial charge in [0.05, 0.1) is 6.04 Å². The molecule has 0 radical (unpaired) electrons. The van der Waals surface area contributed by atoms with Crippen LogP contribution in [0.5, 0.6) is 0 Å². The third-order valence-corrected chi connectivity index (χ3v) is 4.25. The summed E-state index contributed by atoms with van der Waals surface area (Å²) in [5, 5.41) is 0. The number of alkyl halides is 1. The lowest BCUT2D eigenvalue weighted by Gasteiger charge is -2.44. The zero-order valence-corrected chi connectivity index (χ0v) is 11.3. The van der Waals surface area contributed by atoms with Crippen molar-refractivity contribution in [2.75, 3.05) is 37.8 Å². The fourth-order valence-electron chi connectivity index (χ4n) is 2.82. The average Bonchev–Trinajstić information content (AvgIpc) is 2.65. The summed E-state index contributed by atoms with van der Waals surface area (Å²) >= 11 is 3.51. The number of rotatable bonds is 3. The van der Waals surface area contributed by atoms with Crippen LogP contribution in [0, 0.1) is 0 Å². The molecule has 0 bridgehead atoms. The van der Waals surface area contributed by atoms with Gasteiger partial charge in [0, 0.05) is 36.3 Å². The van der Waals surface area contributed by atoms with E-state index >= 15 is 0 Å². The molecule has 2 aliphatic rings. The van der Waals surface area contributed by atoms with Crippen molar-refractivity contribution in [2.45, 2.75) is 12.5 Å². The van der Waals surface area contributed by atoms with Crippen LogP contribution in [0.4, 0.5) is 10.1 Å². The fourth-order valence-corrected chi connectivity index (χ4v) is 3.23. The van der Waals surface area contributed by atoms with Gasteiger partial charge in [0.25, 0.3) is 0 Å². The molecule has 0 aromatic heterocycles. The molecule has 2 heterocycles. The smallest absolute Gasteiger partial charge is 0.102 e. The van der Waals surface area contributed by atoms with E-state index < -0.39 is 0 Å². The zero-order chi connectivity index (χ0) is 11.8. The van der Waals surface area contributed by atoms with Crippen LogP contribution in [0.2, 0.25) is 0 Å². The van der Waals surface area contributed by atoms with Gasteiger partial charge in [-0.1, -0.05) is 15.9 Å². The van der Waals surface area contributed by atoms with Crippen LogP contribution in [0.15, 0.2) is 22.7 Å². The van der Waals surface area contributed by atoms with Crippen molar-refractivity contribution in [1.82, 2.24) is 4.90 Å². The molecule has 1 aromatic carbocycles. The molecule has 0 amide bonds. The minimum atomic E-state index is -0.226. The van der Waals surface area contributed by atoms with Gasteiger partial charge >= 0.3 is 0 Å². The first-order chi connectivity index (χ1) is 8.28. The second-order valence-electron chi connectivity index (χ2n) is 4.82. The summed E-state index contributed by atoms with van der Waals surface area (Å²) in [6.45, 7) is 3.51. The summed E-state index contributed by atoms with van der Waals surface area (Å²) in [4.78, 5) is 4.66. The Kier molecular flexibility index (Phi) is 3.09. The van der Waals surface area contributed by atoms with E-state index in [9.17, 15) is 4.39 Å². The van der Waals surface area contributed by atoms with Gasteiger partial charge in [0.2, 0.25) is 0 Å². The van der Waals surface area contributed by atoms with Gasteiger partial charge in [0.15, 0.2) is 0 Å². The molecule has 1 saturated heterocycles. The predicted molar refractivity (Wildman–Crippen MR) is 71.4 cm³/mol. The van der Waals surface area contributed by atoms with Crippen LogP contribution in [0.3, 0.4) is 0 Å². The molecule has 0 unspecified atom stereocenters. The summed E-state index contributed by atoms with van der Waals surface area (Å²) < 4.78 is 13.3. The second kappa shape index (κ2) is 4.58. The van der Waals surface area contributed by atoms with Crippen molar-refractivity contribution in [3.63, 3.8) is 0 Å². The fraction of sp³-hybridized carbons (Fsp3) is 0.538. The quantitative estimate of drug-likeness (QED) is 0.846. The number of nitrogens with zero attached hydrogens (tertiary/aromatic N) is 2. The van der Waals surface area contributed by atoms with Crippen molar-refractivity contribution in [1.29, 1.82) is 0 Å². The number of halogens is 2. The minimum Gasteiger partial charge on any atom is -0.365 e. The Bertz CT molecular complexity index is 418. The van der Waals surface area contributed by atoms with Crippen LogP contribution < -0.4 is 4.90 Å². The lowest BCUT2D eigenvalue weighted by molar-refractivity contribution is 0.135. The molecule has 2 nitrogen and oxygen atoms in total.